The van der Waals surface area contributed by atoms with Crippen molar-refractivity contribution in [1.82, 2.24) is 0 Å². The maximum atomic E-state index is 11.5. The van der Waals surface area contributed by atoms with E-state index in [4.69, 9.17) is 5.11 Å². The lowest BCUT2D eigenvalue weighted by Crippen LogP contribution is -2.15. The number of aliphatic hydroxyl groups excluding tert-OH is 1. The molecule has 1 N–H and O–H groups in total. The number of carbonyl (C=O) groups excluding carboxylic acids is 1. The van der Waals surface area contributed by atoms with Gasteiger partial charge in [-0.2, -0.15) is 0 Å². The van der Waals surface area contributed by atoms with Crippen LogP contribution in [0, 0.1) is 11.8 Å². The van der Waals surface area contributed by atoms with E-state index in [2.05, 4.69) is 19.1 Å². The Balaban J connectivity index is 2.44. The quantitative estimate of drug-likeness (QED) is 0.685. The average molecular weight is 196 g/mol. The molecule has 14 heavy (non-hydrogen) atoms. The molecule has 2 atom stereocenters. The fourth-order valence-corrected chi connectivity index (χ4v) is 2.22. The highest BCUT2D eigenvalue weighted by Gasteiger charge is 2.32. The highest BCUT2D eigenvalue weighted by atomic mass is 16.3. The van der Waals surface area contributed by atoms with Gasteiger partial charge in [-0.25, -0.2) is 0 Å². The third-order valence-electron chi connectivity index (χ3n) is 3.04. The van der Waals surface area contributed by atoms with E-state index in [1.54, 1.807) is 0 Å². The number of allylic oxidation sites excluding steroid dienone is 2. The van der Waals surface area contributed by atoms with Gasteiger partial charge in [0, 0.05) is 18.9 Å². The van der Waals surface area contributed by atoms with Crippen LogP contribution in [0.5, 0.6) is 0 Å². The molecule has 2 unspecified atom stereocenters. The first-order valence-electron chi connectivity index (χ1n) is 5.58. The van der Waals surface area contributed by atoms with Crippen molar-refractivity contribution in [3.05, 3.63) is 12.2 Å². The minimum Gasteiger partial charge on any atom is -0.396 e. The van der Waals surface area contributed by atoms with Gasteiger partial charge in [0.05, 0.1) is 0 Å². The number of carbonyl (C=O) groups is 1. The molecule has 1 rings (SSSR count). The summed E-state index contributed by atoms with van der Waals surface area (Å²) in [6, 6.07) is 0. The zero-order valence-electron chi connectivity index (χ0n) is 8.91. The number of hydrogen-bond acceptors (Lipinski definition) is 2. The van der Waals surface area contributed by atoms with Gasteiger partial charge in [-0.3, -0.25) is 4.79 Å². The average Bonchev–Trinajstić information content (AvgIpc) is 2.50. The van der Waals surface area contributed by atoms with Gasteiger partial charge in [0.1, 0.15) is 5.78 Å². The maximum Gasteiger partial charge on any atom is 0.136 e. The van der Waals surface area contributed by atoms with E-state index < -0.39 is 0 Å². The van der Waals surface area contributed by atoms with Crippen molar-refractivity contribution in [1.29, 1.82) is 0 Å². The molecular weight excluding hydrogens is 176 g/mol. The Morgan fingerprint density at radius 2 is 2.29 bits per heavy atom. The van der Waals surface area contributed by atoms with Crippen molar-refractivity contribution in [3.8, 4) is 0 Å². The number of aliphatic hydroxyl groups is 1. The Morgan fingerprint density at radius 1 is 1.50 bits per heavy atom. The van der Waals surface area contributed by atoms with Crippen LogP contribution in [0.4, 0.5) is 0 Å². The summed E-state index contributed by atoms with van der Waals surface area (Å²) >= 11 is 0. The van der Waals surface area contributed by atoms with Crippen molar-refractivity contribution in [2.45, 2.75) is 39.0 Å². The van der Waals surface area contributed by atoms with E-state index in [0.717, 1.165) is 32.1 Å². The second-order valence-electron chi connectivity index (χ2n) is 4.00. The van der Waals surface area contributed by atoms with Crippen molar-refractivity contribution < 1.29 is 9.90 Å². The van der Waals surface area contributed by atoms with Crippen molar-refractivity contribution in [3.63, 3.8) is 0 Å². The Bertz CT molecular complexity index is 208. The molecule has 0 bridgehead atoms. The molecule has 1 fully saturated rings. The zero-order chi connectivity index (χ0) is 10.4. The molecule has 1 saturated carbocycles. The van der Waals surface area contributed by atoms with Crippen LogP contribution >= 0.6 is 0 Å². The van der Waals surface area contributed by atoms with E-state index >= 15 is 0 Å². The molecule has 80 valence electrons. The highest BCUT2D eigenvalue weighted by molar-refractivity contribution is 5.83. The van der Waals surface area contributed by atoms with Crippen LogP contribution in [0.15, 0.2) is 12.2 Å². The molecule has 0 aromatic carbocycles. The smallest absolute Gasteiger partial charge is 0.136 e. The van der Waals surface area contributed by atoms with Gasteiger partial charge in [0.2, 0.25) is 0 Å². The van der Waals surface area contributed by atoms with Gasteiger partial charge in [0.15, 0.2) is 0 Å². The number of hydrogen-bond donors (Lipinski definition) is 1. The molecule has 0 amide bonds. The first-order chi connectivity index (χ1) is 6.79. The topological polar surface area (TPSA) is 37.3 Å². The predicted molar refractivity (Wildman–Crippen MR) is 57.0 cm³/mol. The molecule has 0 spiro atoms. The highest BCUT2D eigenvalue weighted by Crippen LogP contribution is 2.33. The van der Waals surface area contributed by atoms with E-state index in [1.165, 1.54) is 0 Å². The minimum atomic E-state index is 0.185. The lowest BCUT2D eigenvalue weighted by molar-refractivity contribution is -0.121. The lowest BCUT2D eigenvalue weighted by Gasteiger charge is -2.15. The molecule has 1 aliphatic rings. The number of Topliss-reactive ketones (excluding diaryl/α,β-unsaturated/α-hetero) is 1. The van der Waals surface area contributed by atoms with Gasteiger partial charge < -0.3 is 5.11 Å². The molecule has 0 heterocycles. The normalized spacial score (nSPS) is 27.7. The maximum absolute atomic E-state index is 11.5. The van der Waals surface area contributed by atoms with Crippen molar-refractivity contribution in [2.24, 2.45) is 11.8 Å². The second kappa shape index (κ2) is 5.97. The van der Waals surface area contributed by atoms with Crippen molar-refractivity contribution >= 4 is 5.78 Å². The van der Waals surface area contributed by atoms with Gasteiger partial charge in [-0.05, 0) is 31.6 Å². The van der Waals surface area contributed by atoms with Gasteiger partial charge >= 0.3 is 0 Å². The Hall–Kier alpha value is -0.630. The van der Waals surface area contributed by atoms with Crippen LogP contribution < -0.4 is 0 Å². The molecule has 0 aliphatic heterocycles. The summed E-state index contributed by atoms with van der Waals surface area (Å²) in [6.45, 7) is 2.31. The molecule has 0 aromatic rings. The van der Waals surface area contributed by atoms with E-state index in [9.17, 15) is 4.79 Å². The second-order valence-corrected chi connectivity index (χ2v) is 4.00. The van der Waals surface area contributed by atoms with Crippen LogP contribution in [0.25, 0.3) is 0 Å². The largest absolute Gasteiger partial charge is 0.396 e. The van der Waals surface area contributed by atoms with Crippen LogP contribution in [-0.2, 0) is 4.79 Å². The number of ketones is 1. The summed E-state index contributed by atoms with van der Waals surface area (Å²) in [4.78, 5) is 11.5. The first-order valence-corrected chi connectivity index (χ1v) is 5.58. The summed E-state index contributed by atoms with van der Waals surface area (Å²) in [5.41, 5.74) is 0. The van der Waals surface area contributed by atoms with Crippen LogP contribution in [0.3, 0.4) is 0 Å². The summed E-state index contributed by atoms with van der Waals surface area (Å²) < 4.78 is 0. The molecule has 0 saturated heterocycles. The van der Waals surface area contributed by atoms with E-state index in [1.807, 2.05) is 0 Å². The van der Waals surface area contributed by atoms with Gasteiger partial charge in [0.25, 0.3) is 0 Å². The Morgan fingerprint density at radius 3 is 2.93 bits per heavy atom. The summed E-state index contributed by atoms with van der Waals surface area (Å²) in [5, 5.41) is 8.87. The predicted octanol–water partition coefficient (Wildman–Crippen LogP) is 2.32. The lowest BCUT2D eigenvalue weighted by atomic mass is 9.90. The van der Waals surface area contributed by atoms with Gasteiger partial charge in [-0.1, -0.05) is 19.1 Å². The summed E-state index contributed by atoms with van der Waals surface area (Å²) in [7, 11) is 0. The fourth-order valence-electron chi connectivity index (χ4n) is 2.22. The van der Waals surface area contributed by atoms with E-state index in [0.29, 0.717) is 11.7 Å². The summed E-state index contributed by atoms with van der Waals surface area (Å²) in [5.74, 6) is 1.00. The van der Waals surface area contributed by atoms with Crippen molar-refractivity contribution in [2.75, 3.05) is 6.61 Å². The first kappa shape index (κ1) is 11.4. The van der Waals surface area contributed by atoms with E-state index in [-0.39, 0.29) is 12.5 Å². The Kier molecular flexibility index (Phi) is 4.88. The molecule has 0 aromatic heterocycles. The van der Waals surface area contributed by atoms with Crippen LogP contribution in [0.1, 0.15) is 39.0 Å². The van der Waals surface area contributed by atoms with Crippen LogP contribution in [0.2, 0.25) is 0 Å². The standard InChI is InChI=1S/C12H20O2/c1-2-3-4-5-11-10(8-9-13)6-7-12(11)14/h3-4,10-11,13H,2,5-9H2,1H3/b4-3+. The summed E-state index contributed by atoms with van der Waals surface area (Å²) in [6.07, 6.45) is 8.61. The number of rotatable bonds is 5. The minimum absolute atomic E-state index is 0.185. The molecule has 1 aliphatic carbocycles. The third-order valence-corrected chi connectivity index (χ3v) is 3.04. The monoisotopic (exact) mass is 196 g/mol. The third kappa shape index (κ3) is 2.95. The zero-order valence-corrected chi connectivity index (χ0v) is 8.91. The molecule has 2 heteroatoms. The Labute approximate surface area is 86.0 Å². The van der Waals surface area contributed by atoms with Crippen LogP contribution in [-0.4, -0.2) is 17.5 Å². The molecule has 0 radical (unpaired) electrons. The fraction of sp³-hybridized carbons (Fsp3) is 0.750. The van der Waals surface area contributed by atoms with Gasteiger partial charge in [-0.15, -0.1) is 0 Å². The SMILES string of the molecule is CC/C=C/CC1C(=O)CCC1CCO. The molecule has 2 nitrogen and oxygen atoms in total. The molecular formula is C12H20O2.